The number of fused-ring (bicyclic) bond motifs is 1. The minimum Gasteiger partial charge on any atom is -0.345 e. The van der Waals surface area contributed by atoms with Gasteiger partial charge < -0.3 is 15.2 Å². The van der Waals surface area contributed by atoms with E-state index in [0.29, 0.717) is 12.1 Å². The van der Waals surface area contributed by atoms with E-state index in [1.807, 2.05) is 0 Å². The molecule has 0 aliphatic heterocycles. The van der Waals surface area contributed by atoms with Gasteiger partial charge in [0.2, 0.25) is 0 Å². The molecule has 0 bridgehead atoms. The van der Waals surface area contributed by atoms with Gasteiger partial charge in [0.1, 0.15) is 0 Å². The van der Waals surface area contributed by atoms with E-state index in [1.165, 1.54) is 5.56 Å². The van der Waals surface area contributed by atoms with Gasteiger partial charge in [0, 0.05) is 18.6 Å². The van der Waals surface area contributed by atoms with E-state index >= 15 is 0 Å². The molecule has 0 saturated heterocycles. The van der Waals surface area contributed by atoms with Crippen molar-refractivity contribution in [3.05, 3.63) is 30.1 Å². The second kappa shape index (κ2) is 5.50. The van der Waals surface area contributed by atoms with E-state index in [0.717, 1.165) is 17.6 Å². The summed E-state index contributed by atoms with van der Waals surface area (Å²) in [5.74, 6) is 0. The highest BCUT2D eigenvalue weighted by molar-refractivity contribution is 5.75. The van der Waals surface area contributed by atoms with Crippen molar-refractivity contribution in [2.45, 2.75) is 25.9 Å². The SMILES string of the molecule is CC(C)NCC(c1ccc2nc[nH]c2c1)N(C)C. The Morgan fingerprint density at radius 2 is 2.11 bits per heavy atom. The minimum absolute atomic E-state index is 0.375. The highest BCUT2D eigenvalue weighted by atomic mass is 15.1. The summed E-state index contributed by atoms with van der Waals surface area (Å²) >= 11 is 0. The Labute approximate surface area is 108 Å². The first-order valence-corrected chi connectivity index (χ1v) is 6.40. The van der Waals surface area contributed by atoms with Crippen molar-refractivity contribution < 1.29 is 0 Å². The zero-order valence-corrected chi connectivity index (χ0v) is 11.6. The van der Waals surface area contributed by atoms with Crippen LogP contribution in [0.3, 0.4) is 0 Å². The Kier molecular flexibility index (Phi) is 3.99. The van der Waals surface area contributed by atoms with E-state index in [2.05, 4.69) is 66.3 Å². The summed E-state index contributed by atoms with van der Waals surface area (Å²) in [6, 6.07) is 7.31. The van der Waals surface area contributed by atoms with Crippen LogP contribution in [0.25, 0.3) is 11.0 Å². The van der Waals surface area contributed by atoms with E-state index in [4.69, 9.17) is 0 Å². The zero-order chi connectivity index (χ0) is 13.1. The lowest BCUT2D eigenvalue weighted by Crippen LogP contribution is -2.34. The third-order valence-corrected chi connectivity index (χ3v) is 3.17. The van der Waals surface area contributed by atoms with Gasteiger partial charge in [-0.25, -0.2) is 4.98 Å². The Balaban J connectivity index is 2.23. The largest absolute Gasteiger partial charge is 0.345 e. The van der Waals surface area contributed by atoms with E-state index in [1.54, 1.807) is 6.33 Å². The molecule has 1 atom stereocenters. The number of benzene rings is 1. The molecule has 0 radical (unpaired) electrons. The molecule has 1 heterocycles. The normalized spacial score (nSPS) is 13.7. The standard InChI is InChI=1S/C14H22N4/c1-10(2)15-8-14(18(3)4)11-5-6-12-13(7-11)17-9-16-12/h5-7,9-10,14-15H,8H2,1-4H3,(H,16,17). The summed E-state index contributed by atoms with van der Waals surface area (Å²) in [6.07, 6.45) is 1.74. The van der Waals surface area contributed by atoms with Gasteiger partial charge in [-0.1, -0.05) is 19.9 Å². The zero-order valence-electron chi connectivity index (χ0n) is 11.6. The molecule has 4 nitrogen and oxygen atoms in total. The topological polar surface area (TPSA) is 44.0 Å². The maximum absolute atomic E-state index is 4.25. The maximum atomic E-state index is 4.25. The van der Waals surface area contributed by atoms with Gasteiger partial charge in [-0.05, 0) is 31.8 Å². The first-order valence-electron chi connectivity index (χ1n) is 6.40. The summed E-state index contributed by atoms with van der Waals surface area (Å²) in [4.78, 5) is 9.66. The van der Waals surface area contributed by atoms with E-state index in [9.17, 15) is 0 Å². The maximum Gasteiger partial charge on any atom is 0.0931 e. The van der Waals surface area contributed by atoms with Gasteiger partial charge in [0.15, 0.2) is 0 Å². The van der Waals surface area contributed by atoms with Crippen LogP contribution in [0, 0.1) is 0 Å². The van der Waals surface area contributed by atoms with Gasteiger partial charge in [-0.3, -0.25) is 0 Å². The molecule has 0 aliphatic carbocycles. The highest BCUT2D eigenvalue weighted by Gasteiger charge is 2.15. The number of aromatic nitrogens is 2. The fourth-order valence-electron chi connectivity index (χ4n) is 2.11. The highest BCUT2D eigenvalue weighted by Crippen LogP contribution is 2.21. The summed E-state index contributed by atoms with van der Waals surface area (Å²) in [6.45, 7) is 5.29. The van der Waals surface area contributed by atoms with Crippen LogP contribution in [0.1, 0.15) is 25.5 Å². The van der Waals surface area contributed by atoms with Crippen LogP contribution >= 0.6 is 0 Å². The molecule has 0 spiro atoms. The fraction of sp³-hybridized carbons (Fsp3) is 0.500. The van der Waals surface area contributed by atoms with Crippen LogP contribution in [0.2, 0.25) is 0 Å². The average Bonchev–Trinajstić information content (AvgIpc) is 2.75. The molecule has 2 rings (SSSR count). The van der Waals surface area contributed by atoms with Crippen LogP contribution in [0.15, 0.2) is 24.5 Å². The molecule has 98 valence electrons. The van der Waals surface area contributed by atoms with Crippen molar-refractivity contribution in [3.63, 3.8) is 0 Å². The summed E-state index contributed by atoms with van der Waals surface area (Å²) in [5, 5.41) is 3.50. The summed E-state index contributed by atoms with van der Waals surface area (Å²) in [7, 11) is 4.23. The van der Waals surface area contributed by atoms with Crippen molar-refractivity contribution in [2.75, 3.05) is 20.6 Å². The van der Waals surface area contributed by atoms with Crippen molar-refractivity contribution >= 4 is 11.0 Å². The number of nitrogens with one attached hydrogen (secondary N) is 2. The number of nitrogens with zero attached hydrogens (tertiary/aromatic N) is 2. The van der Waals surface area contributed by atoms with Crippen LogP contribution in [0.5, 0.6) is 0 Å². The average molecular weight is 246 g/mol. The number of aromatic amines is 1. The third kappa shape index (κ3) is 2.89. The quantitative estimate of drug-likeness (QED) is 0.849. The monoisotopic (exact) mass is 246 g/mol. The molecule has 1 aromatic heterocycles. The predicted molar refractivity (Wildman–Crippen MR) is 75.7 cm³/mol. The first kappa shape index (κ1) is 13.1. The number of rotatable bonds is 5. The lowest BCUT2D eigenvalue weighted by molar-refractivity contribution is 0.283. The Morgan fingerprint density at radius 3 is 2.78 bits per heavy atom. The molecule has 0 amide bonds. The van der Waals surface area contributed by atoms with Crippen molar-refractivity contribution in [3.8, 4) is 0 Å². The molecule has 18 heavy (non-hydrogen) atoms. The Hall–Kier alpha value is -1.39. The molecule has 1 aromatic carbocycles. The summed E-state index contributed by atoms with van der Waals surface area (Å²) < 4.78 is 0. The number of hydrogen-bond donors (Lipinski definition) is 2. The van der Waals surface area contributed by atoms with Crippen LogP contribution in [-0.4, -0.2) is 41.5 Å². The molecule has 4 heteroatoms. The van der Waals surface area contributed by atoms with E-state index < -0.39 is 0 Å². The molecule has 1 unspecified atom stereocenters. The second-order valence-electron chi connectivity index (χ2n) is 5.22. The van der Waals surface area contributed by atoms with Crippen LogP contribution in [0.4, 0.5) is 0 Å². The van der Waals surface area contributed by atoms with Gasteiger partial charge in [0.05, 0.1) is 17.4 Å². The molecule has 2 N–H and O–H groups in total. The van der Waals surface area contributed by atoms with Gasteiger partial charge in [-0.15, -0.1) is 0 Å². The van der Waals surface area contributed by atoms with E-state index in [-0.39, 0.29) is 0 Å². The number of likely N-dealkylation sites (N-methyl/N-ethyl adjacent to an activating group) is 1. The lowest BCUT2D eigenvalue weighted by Gasteiger charge is -2.26. The van der Waals surface area contributed by atoms with Crippen molar-refractivity contribution in [2.24, 2.45) is 0 Å². The molecule has 2 aromatic rings. The second-order valence-corrected chi connectivity index (χ2v) is 5.22. The van der Waals surface area contributed by atoms with Crippen molar-refractivity contribution in [1.82, 2.24) is 20.2 Å². The van der Waals surface area contributed by atoms with Gasteiger partial charge in [0.25, 0.3) is 0 Å². The predicted octanol–water partition coefficient (Wildman–Crippen LogP) is 2.16. The molecule has 0 fully saturated rings. The van der Waals surface area contributed by atoms with Crippen LogP contribution in [-0.2, 0) is 0 Å². The number of imidazole rings is 1. The smallest absolute Gasteiger partial charge is 0.0931 e. The molecular weight excluding hydrogens is 224 g/mol. The Bertz CT molecular complexity index is 501. The molecular formula is C14H22N4. The fourth-order valence-corrected chi connectivity index (χ4v) is 2.11. The lowest BCUT2D eigenvalue weighted by atomic mass is 10.0. The molecule has 0 aliphatic rings. The third-order valence-electron chi connectivity index (χ3n) is 3.17. The first-order chi connectivity index (χ1) is 8.58. The van der Waals surface area contributed by atoms with Crippen LogP contribution < -0.4 is 5.32 Å². The van der Waals surface area contributed by atoms with Gasteiger partial charge in [-0.2, -0.15) is 0 Å². The number of hydrogen-bond acceptors (Lipinski definition) is 3. The Morgan fingerprint density at radius 1 is 1.33 bits per heavy atom. The number of H-pyrrole nitrogens is 1. The molecule has 0 saturated carbocycles. The summed E-state index contributed by atoms with van der Waals surface area (Å²) in [5.41, 5.74) is 3.43. The minimum atomic E-state index is 0.375. The van der Waals surface area contributed by atoms with Crippen molar-refractivity contribution in [1.29, 1.82) is 0 Å². The van der Waals surface area contributed by atoms with Gasteiger partial charge >= 0.3 is 0 Å².